The molecule has 3 aromatic rings. The van der Waals surface area contributed by atoms with Gasteiger partial charge in [-0.3, -0.25) is 4.98 Å². The Labute approximate surface area is 135 Å². The van der Waals surface area contributed by atoms with Crippen molar-refractivity contribution in [1.82, 2.24) is 14.9 Å². The first kappa shape index (κ1) is 14.0. The number of hydrogen-bond donors (Lipinski definition) is 1. The third-order valence-electron chi connectivity index (χ3n) is 4.64. The Morgan fingerprint density at radius 3 is 2.83 bits per heavy atom. The van der Waals surface area contributed by atoms with Crippen LogP contribution in [0.15, 0.2) is 48.9 Å². The molecule has 4 rings (SSSR count). The van der Waals surface area contributed by atoms with E-state index in [-0.39, 0.29) is 0 Å². The zero-order valence-corrected chi connectivity index (χ0v) is 12.9. The van der Waals surface area contributed by atoms with Crippen molar-refractivity contribution in [2.75, 3.05) is 13.1 Å². The molecular formula is C19H18N4. The summed E-state index contributed by atoms with van der Waals surface area (Å²) in [5, 5.41) is 13.6. The average Bonchev–Trinajstić information content (AvgIpc) is 3.25. The molecule has 0 amide bonds. The van der Waals surface area contributed by atoms with Crippen LogP contribution in [0.25, 0.3) is 22.0 Å². The van der Waals surface area contributed by atoms with E-state index < -0.39 is 0 Å². The molecule has 1 fully saturated rings. The lowest BCUT2D eigenvalue weighted by molar-refractivity contribution is 0.491. The van der Waals surface area contributed by atoms with Crippen LogP contribution in [0.5, 0.6) is 0 Å². The fraction of sp³-hybridized carbons (Fsp3) is 0.263. The van der Waals surface area contributed by atoms with Crippen LogP contribution in [0.4, 0.5) is 0 Å². The summed E-state index contributed by atoms with van der Waals surface area (Å²) in [5.74, 6) is 0.698. The molecule has 4 nitrogen and oxygen atoms in total. The minimum atomic E-state index is 0.681. The van der Waals surface area contributed by atoms with Crippen molar-refractivity contribution >= 4 is 10.9 Å². The van der Waals surface area contributed by atoms with Gasteiger partial charge in [0.25, 0.3) is 0 Å². The first-order valence-corrected chi connectivity index (χ1v) is 7.99. The number of aromatic nitrogens is 2. The van der Waals surface area contributed by atoms with Gasteiger partial charge in [0.2, 0.25) is 0 Å². The second-order valence-corrected chi connectivity index (χ2v) is 6.14. The summed E-state index contributed by atoms with van der Waals surface area (Å²) >= 11 is 0. The maximum absolute atomic E-state index is 8.94. The molecule has 0 radical (unpaired) electrons. The predicted octanol–water partition coefficient (Wildman–Crippen LogP) is 3.18. The highest BCUT2D eigenvalue weighted by molar-refractivity contribution is 5.94. The van der Waals surface area contributed by atoms with Crippen molar-refractivity contribution in [3.8, 4) is 17.2 Å². The minimum absolute atomic E-state index is 0.681. The maximum atomic E-state index is 8.94. The second-order valence-electron chi connectivity index (χ2n) is 6.14. The minimum Gasteiger partial charge on any atom is -0.346 e. The molecule has 0 spiro atoms. The lowest BCUT2D eigenvalue weighted by Crippen LogP contribution is -2.13. The van der Waals surface area contributed by atoms with Crippen molar-refractivity contribution in [3.63, 3.8) is 0 Å². The fourth-order valence-electron chi connectivity index (χ4n) is 3.37. The predicted molar refractivity (Wildman–Crippen MR) is 90.9 cm³/mol. The van der Waals surface area contributed by atoms with E-state index in [2.05, 4.69) is 33.2 Å². The van der Waals surface area contributed by atoms with Crippen molar-refractivity contribution in [2.45, 2.75) is 13.0 Å². The molecule has 1 aliphatic heterocycles. The molecule has 1 N–H and O–H groups in total. The van der Waals surface area contributed by atoms with E-state index in [9.17, 15) is 0 Å². The molecule has 1 saturated heterocycles. The van der Waals surface area contributed by atoms with Gasteiger partial charge in [-0.25, -0.2) is 0 Å². The largest absolute Gasteiger partial charge is 0.346 e. The Balaban J connectivity index is 1.73. The average molecular weight is 302 g/mol. The highest BCUT2D eigenvalue weighted by Crippen LogP contribution is 2.29. The van der Waals surface area contributed by atoms with Gasteiger partial charge in [-0.15, -0.1) is 0 Å². The number of fused-ring (bicyclic) bond motifs is 1. The zero-order valence-electron chi connectivity index (χ0n) is 12.9. The van der Waals surface area contributed by atoms with Crippen LogP contribution in [0.3, 0.4) is 0 Å². The summed E-state index contributed by atoms with van der Waals surface area (Å²) in [7, 11) is 0. The normalized spacial score (nSPS) is 17.4. The summed E-state index contributed by atoms with van der Waals surface area (Å²) in [5.41, 5.74) is 4.08. The standard InChI is InChI=1S/C19H18N4/c20-9-14-1-3-16(4-2-14)18-11-22-12-19-17(18)6-8-23(19)13-15-5-7-21-10-15/h1-4,6,8,11-12,15,21H,5,7,10,13H2/t15-/m1/s1. The van der Waals surface area contributed by atoms with Crippen molar-refractivity contribution < 1.29 is 0 Å². The third kappa shape index (κ3) is 2.60. The topological polar surface area (TPSA) is 53.6 Å². The quantitative estimate of drug-likeness (QED) is 0.808. The fourth-order valence-corrected chi connectivity index (χ4v) is 3.37. The first-order valence-electron chi connectivity index (χ1n) is 7.99. The van der Waals surface area contributed by atoms with E-state index in [4.69, 9.17) is 5.26 Å². The van der Waals surface area contributed by atoms with E-state index >= 15 is 0 Å². The van der Waals surface area contributed by atoms with Gasteiger partial charge in [0, 0.05) is 29.9 Å². The van der Waals surface area contributed by atoms with Gasteiger partial charge in [-0.1, -0.05) is 12.1 Å². The van der Waals surface area contributed by atoms with Crippen LogP contribution >= 0.6 is 0 Å². The molecule has 1 aliphatic rings. The summed E-state index contributed by atoms with van der Waals surface area (Å²) < 4.78 is 2.31. The number of rotatable bonds is 3. The monoisotopic (exact) mass is 302 g/mol. The maximum Gasteiger partial charge on any atom is 0.0991 e. The smallest absolute Gasteiger partial charge is 0.0991 e. The number of nitrogens with zero attached hydrogens (tertiary/aromatic N) is 3. The van der Waals surface area contributed by atoms with Crippen LogP contribution in [0.2, 0.25) is 0 Å². The highest BCUT2D eigenvalue weighted by Gasteiger charge is 2.16. The Morgan fingerprint density at radius 1 is 1.22 bits per heavy atom. The first-order chi connectivity index (χ1) is 11.3. The Kier molecular flexibility index (Phi) is 3.57. The number of hydrogen-bond acceptors (Lipinski definition) is 3. The number of pyridine rings is 1. The summed E-state index contributed by atoms with van der Waals surface area (Å²) in [4.78, 5) is 4.44. The molecule has 0 bridgehead atoms. The van der Waals surface area contributed by atoms with Crippen LogP contribution in [-0.4, -0.2) is 22.6 Å². The summed E-state index contributed by atoms with van der Waals surface area (Å²) in [6.07, 6.45) is 7.26. The molecule has 114 valence electrons. The molecule has 1 atom stereocenters. The molecule has 0 saturated carbocycles. The Morgan fingerprint density at radius 2 is 2.09 bits per heavy atom. The van der Waals surface area contributed by atoms with Gasteiger partial charge in [0.15, 0.2) is 0 Å². The third-order valence-corrected chi connectivity index (χ3v) is 4.64. The van der Waals surface area contributed by atoms with Crippen molar-refractivity contribution in [3.05, 3.63) is 54.5 Å². The van der Waals surface area contributed by atoms with E-state index in [0.29, 0.717) is 11.5 Å². The number of nitriles is 1. The molecule has 23 heavy (non-hydrogen) atoms. The zero-order chi connectivity index (χ0) is 15.6. The van der Waals surface area contributed by atoms with E-state index in [1.807, 2.05) is 36.7 Å². The van der Waals surface area contributed by atoms with Crippen molar-refractivity contribution in [2.24, 2.45) is 5.92 Å². The summed E-state index contributed by atoms with van der Waals surface area (Å²) in [6.45, 7) is 3.26. The molecule has 3 heterocycles. The lowest BCUT2D eigenvalue weighted by Gasteiger charge is -2.11. The van der Waals surface area contributed by atoms with Gasteiger partial charge in [-0.2, -0.15) is 5.26 Å². The highest BCUT2D eigenvalue weighted by atomic mass is 15.0. The van der Waals surface area contributed by atoms with Crippen LogP contribution < -0.4 is 5.32 Å². The molecule has 4 heteroatoms. The SMILES string of the molecule is N#Cc1ccc(-c2cncc3c2ccn3C[C@@H]2CCNC2)cc1. The van der Waals surface area contributed by atoms with Gasteiger partial charge in [-0.05, 0) is 49.2 Å². The van der Waals surface area contributed by atoms with E-state index in [1.165, 1.54) is 17.3 Å². The van der Waals surface area contributed by atoms with Crippen LogP contribution in [0.1, 0.15) is 12.0 Å². The molecule has 0 unspecified atom stereocenters. The summed E-state index contributed by atoms with van der Waals surface area (Å²) in [6, 6.07) is 12.0. The van der Waals surface area contributed by atoms with Crippen LogP contribution in [0, 0.1) is 17.2 Å². The molecule has 0 aliphatic carbocycles. The van der Waals surface area contributed by atoms with Gasteiger partial charge in [0.1, 0.15) is 0 Å². The van der Waals surface area contributed by atoms with Crippen LogP contribution in [-0.2, 0) is 6.54 Å². The number of nitrogens with one attached hydrogen (secondary N) is 1. The Bertz CT molecular complexity index is 865. The second kappa shape index (κ2) is 5.86. The lowest BCUT2D eigenvalue weighted by atomic mass is 10.0. The van der Waals surface area contributed by atoms with E-state index in [0.717, 1.165) is 30.8 Å². The van der Waals surface area contributed by atoms with Crippen molar-refractivity contribution in [1.29, 1.82) is 5.26 Å². The molecule has 1 aromatic carbocycles. The van der Waals surface area contributed by atoms with Gasteiger partial charge < -0.3 is 9.88 Å². The Hall–Kier alpha value is -2.64. The van der Waals surface area contributed by atoms with E-state index in [1.54, 1.807) is 0 Å². The van der Waals surface area contributed by atoms with Gasteiger partial charge >= 0.3 is 0 Å². The number of benzene rings is 1. The molecular weight excluding hydrogens is 284 g/mol. The van der Waals surface area contributed by atoms with Gasteiger partial charge in [0.05, 0.1) is 23.3 Å². The molecule has 2 aromatic heterocycles.